The second-order valence-corrected chi connectivity index (χ2v) is 8.70. The summed E-state index contributed by atoms with van der Waals surface area (Å²) in [5, 5.41) is 0.867. The fraction of sp³-hybridized carbons (Fsp3) is 0.269. The molecule has 0 radical (unpaired) electrons. The Morgan fingerprint density at radius 2 is 1.88 bits per heavy atom. The predicted molar refractivity (Wildman–Crippen MR) is 128 cm³/mol. The van der Waals surface area contributed by atoms with Crippen molar-refractivity contribution in [1.82, 2.24) is 14.9 Å². The molecule has 6 nitrogen and oxygen atoms in total. The van der Waals surface area contributed by atoms with E-state index in [0.29, 0.717) is 6.61 Å². The summed E-state index contributed by atoms with van der Waals surface area (Å²) in [5.74, 6) is 0.609. The predicted octanol–water partition coefficient (Wildman–Crippen LogP) is 4.69. The number of anilines is 1. The number of hydrogen-bond donors (Lipinski definition) is 1. The SMILES string of the molecule is COc1ccc(-c2c[nH]c3ncc4c(c23)OCc2cc(N3CCN(C)CC3)ccc2-4)cc1F. The summed E-state index contributed by atoms with van der Waals surface area (Å²) < 4.78 is 25.8. The summed E-state index contributed by atoms with van der Waals surface area (Å²) in [4.78, 5) is 12.6. The van der Waals surface area contributed by atoms with Gasteiger partial charge in [-0.3, -0.25) is 0 Å². The number of halogens is 1. The molecule has 0 bridgehead atoms. The van der Waals surface area contributed by atoms with Gasteiger partial charge in [-0.1, -0.05) is 12.1 Å². The molecule has 0 aliphatic carbocycles. The van der Waals surface area contributed by atoms with E-state index >= 15 is 0 Å². The molecule has 2 aliphatic heterocycles. The molecule has 6 rings (SSSR count). The third-order valence-corrected chi connectivity index (χ3v) is 6.74. The largest absolute Gasteiger partial charge is 0.494 e. The van der Waals surface area contributed by atoms with Crippen molar-refractivity contribution in [1.29, 1.82) is 0 Å². The molecular weight excluding hydrogens is 419 g/mol. The lowest BCUT2D eigenvalue weighted by Gasteiger charge is -2.34. The minimum atomic E-state index is -0.398. The van der Waals surface area contributed by atoms with Gasteiger partial charge in [-0.25, -0.2) is 9.37 Å². The number of H-pyrrole nitrogens is 1. The number of rotatable bonds is 3. The zero-order valence-corrected chi connectivity index (χ0v) is 18.7. The van der Waals surface area contributed by atoms with E-state index in [4.69, 9.17) is 9.47 Å². The number of aromatic amines is 1. The summed E-state index contributed by atoms with van der Waals surface area (Å²) in [7, 11) is 3.63. The molecule has 168 valence electrons. The summed E-state index contributed by atoms with van der Waals surface area (Å²) in [5.41, 5.74) is 6.81. The summed E-state index contributed by atoms with van der Waals surface area (Å²) in [6, 6.07) is 11.6. The highest BCUT2D eigenvalue weighted by Gasteiger charge is 2.25. The Bertz CT molecular complexity index is 1360. The third-order valence-electron chi connectivity index (χ3n) is 6.74. The second kappa shape index (κ2) is 7.78. The number of benzene rings is 2. The average Bonchev–Trinajstić information content (AvgIpc) is 3.28. The van der Waals surface area contributed by atoms with Crippen LogP contribution >= 0.6 is 0 Å². The number of likely N-dealkylation sites (N-methyl/N-ethyl adjacent to an activating group) is 1. The van der Waals surface area contributed by atoms with Crippen molar-refractivity contribution in [2.45, 2.75) is 6.61 Å². The van der Waals surface area contributed by atoms with E-state index in [-0.39, 0.29) is 5.75 Å². The van der Waals surface area contributed by atoms with Gasteiger partial charge < -0.3 is 24.3 Å². The Hall–Kier alpha value is -3.58. The zero-order chi connectivity index (χ0) is 22.5. The molecule has 2 aliphatic rings. The normalized spacial score (nSPS) is 15.8. The number of nitrogens with one attached hydrogen (secondary N) is 1. The number of hydrogen-bond acceptors (Lipinski definition) is 5. The highest BCUT2D eigenvalue weighted by Crippen LogP contribution is 2.45. The van der Waals surface area contributed by atoms with E-state index in [2.05, 4.69) is 45.0 Å². The number of methoxy groups -OCH3 is 1. The van der Waals surface area contributed by atoms with Crippen LogP contribution in [0.1, 0.15) is 5.56 Å². The molecule has 2 aromatic heterocycles. The van der Waals surface area contributed by atoms with Crippen molar-refractivity contribution in [3.05, 3.63) is 60.2 Å². The van der Waals surface area contributed by atoms with Crippen molar-refractivity contribution >= 4 is 16.7 Å². The van der Waals surface area contributed by atoms with Crippen LogP contribution in [-0.2, 0) is 6.61 Å². The minimum Gasteiger partial charge on any atom is -0.494 e. The number of nitrogens with zero attached hydrogens (tertiary/aromatic N) is 3. The van der Waals surface area contributed by atoms with Crippen molar-refractivity contribution in [3.63, 3.8) is 0 Å². The monoisotopic (exact) mass is 444 g/mol. The van der Waals surface area contributed by atoms with Crippen LogP contribution in [0.4, 0.5) is 10.1 Å². The Balaban J connectivity index is 1.42. The molecule has 1 saturated heterocycles. The van der Waals surface area contributed by atoms with Gasteiger partial charge >= 0.3 is 0 Å². The fourth-order valence-electron chi connectivity index (χ4n) is 4.84. The van der Waals surface area contributed by atoms with E-state index in [1.54, 1.807) is 6.07 Å². The summed E-state index contributed by atoms with van der Waals surface area (Å²) >= 11 is 0. The maximum absolute atomic E-state index is 14.4. The van der Waals surface area contributed by atoms with Gasteiger partial charge in [0.25, 0.3) is 0 Å². The molecule has 0 atom stereocenters. The van der Waals surface area contributed by atoms with Gasteiger partial charge in [0.05, 0.1) is 12.5 Å². The number of fused-ring (bicyclic) bond motifs is 5. The first kappa shape index (κ1) is 20.1. The summed E-state index contributed by atoms with van der Waals surface area (Å²) in [6.07, 6.45) is 3.72. The Morgan fingerprint density at radius 3 is 2.67 bits per heavy atom. The molecule has 1 N–H and O–H groups in total. The van der Waals surface area contributed by atoms with Crippen LogP contribution in [-0.4, -0.2) is 55.2 Å². The van der Waals surface area contributed by atoms with E-state index in [9.17, 15) is 4.39 Å². The first-order valence-corrected chi connectivity index (χ1v) is 11.2. The Kier molecular flexibility index (Phi) is 4.73. The van der Waals surface area contributed by atoms with Crippen molar-refractivity contribution < 1.29 is 13.9 Å². The van der Waals surface area contributed by atoms with E-state index in [1.165, 1.54) is 18.9 Å². The van der Waals surface area contributed by atoms with Crippen LogP contribution in [0.3, 0.4) is 0 Å². The van der Waals surface area contributed by atoms with E-state index < -0.39 is 5.82 Å². The number of ether oxygens (including phenoxy) is 2. The molecule has 7 heteroatoms. The van der Waals surface area contributed by atoms with Gasteiger partial charge in [-0.2, -0.15) is 0 Å². The zero-order valence-electron chi connectivity index (χ0n) is 18.7. The molecule has 4 heterocycles. The average molecular weight is 445 g/mol. The quantitative estimate of drug-likeness (QED) is 0.497. The standard InChI is InChI=1S/C26H25FN4O2/c1-30-7-9-31(10-8-30)18-4-5-19-17(11-18)15-33-25-21(19)14-29-26-24(25)20(13-28-26)16-3-6-23(32-2)22(27)12-16/h3-6,11-14H,7-10,15H2,1-2H3,(H,28,29). The second-order valence-electron chi connectivity index (χ2n) is 8.70. The first-order chi connectivity index (χ1) is 16.1. The number of pyridine rings is 1. The van der Waals surface area contributed by atoms with Crippen LogP contribution in [0.15, 0.2) is 48.8 Å². The molecular formula is C26H25FN4O2. The number of piperazine rings is 1. The maximum Gasteiger partial charge on any atom is 0.165 e. The lowest BCUT2D eigenvalue weighted by atomic mass is 9.95. The minimum absolute atomic E-state index is 0.222. The molecule has 2 aromatic carbocycles. The van der Waals surface area contributed by atoms with E-state index in [0.717, 1.165) is 70.8 Å². The highest BCUT2D eigenvalue weighted by atomic mass is 19.1. The maximum atomic E-state index is 14.4. The van der Waals surface area contributed by atoms with Gasteiger partial charge in [-0.15, -0.1) is 0 Å². The van der Waals surface area contributed by atoms with Crippen LogP contribution in [0.2, 0.25) is 0 Å². The van der Waals surface area contributed by atoms with Gasteiger partial charge in [-0.05, 0) is 48.0 Å². The van der Waals surface area contributed by atoms with Crippen LogP contribution in [0.5, 0.6) is 11.5 Å². The fourth-order valence-corrected chi connectivity index (χ4v) is 4.84. The van der Waals surface area contributed by atoms with Crippen LogP contribution in [0.25, 0.3) is 33.3 Å². The van der Waals surface area contributed by atoms with Gasteiger partial charge in [0.2, 0.25) is 0 Å². The Labute approximate surface area is 191 Å². The molecule has 0 spiro atoms. The number of aromatic nitrogens is 2. The van der Waals surface area contributed by atoms with Crippen LogP contribution < -0.4 is 14.4 Å². The molecule has 0 saturated carbocycles. The third kappa shape index (κ3) is 3.31. The van der Waals surface area contributed by atoms with Gasteiger partial charge in [0, 0.05) is 55.4 Å². The van der Waals surface area contributed by atoms with Crippen molar-refractivity contribution in [2.24, 2.45) is 0 Å². The lowest BCUT2D eigenvalue weighted by Crippen LogP contribution is -2.44. The lowest BCUT2D eigenvalue weighted by molar-refractivity contribution is 0.305. The molecule has 4 aromatic rings. The van der Waals surface area contributed by atoms with E-state index in [1.807, 2.05) is 18.5 Å². The topological polar surface area (TPSA) is 53.6 Å². The smallest absolute Gasteiger partial charge is 0.165 e. The first-order valence-electron chi connectivity index (χ1n) is 11.2. The molecule has 33 heavy (non-hydrogen) atoms. The van der Waals surface area contributed by atoms with Crippen LogP contribution in [0, 0.1) is 5.82 Å². The molecule has 1 fully saturated rings. The molecule has 0 amide bonds. The van der Waals surface area contributed by atoms with Gasteiger partial charge in [0.1, 0.15) is 18.0 Å². The van der Waals surface area contributed by atoms with Crippen molar-refractivity contribution in [2.75, 3.05) is 45.2 Å². The highest BCUT2D eigenvalue weighted by molar-refractivity contribution is 6.02. The Morgan fingerprint density at radius 1 is 1.03 bits per heavy atom. The van der Waals surface area contributed by atoms with Crippen molar-refractivity contribution in [3.8, 4) is 33.8 Å². The molecule has 0 unspecified atom stereocenters. The summed E-state index contributed by atoms with van der Waals surface area (Å²) in [6.45, 7) is 4.69. The van der Waals surface area contributed by atoms with Gasteiger partial charge in [0.15, 0.2) is 11.6 Å².